The van der Waals surface area contributed by atoms with Crippen LogP contribution in [0, 0.1) is 0 Å². The SMILES string of the molecule is O=C(NCCSC1CCCC1)c1ccc(C2SCC(=O)N2Cc2ccc(Cl)cc2)cc1. The fourth-order valence-corrected chi connectivity index (χ4v) is 6.57. The Bertz CT molecular complexity index is 899. The van der Waals surface area contributed by atoms with Gasteiger partial charge in [-0.15, -0.1) is 11.8 Å². The lowest BCUT2D eigenvalue weighted by Gasteiger charge is -2.24. The summed E-state index contributed by atoms with van der Waals surface area (Å²) < 4.78 is 0. The largest absolute Gasteiger partial charge is 0.351 e. The second kappa shape index (κ2) is 10.8. The van der Waals surface area contributed by atoms with E-state index < -0.39 is 0 Å². The highest BCUT2D eigenvalue weighted by Crippen LogP contribution is 2.39. The van der Waals surface area contributed by atoms with Gasteiger partial charge in [-0.2, -0.15) is 11.8 Å². The van der Waals surface area contributed by atoms with E-state index in [9.17, 15) is 9.59 Å². The molecule has 1 heterocycles. The number of rotatable bonds is 8. The van der Waals surface area contributed by atoms with Crippen LogP contribution in [0.4, 0.5) is 0 Å². The second-order valence-corrected chi connectivity index (χ2v) is 10.9. The van der Waals surface area contributed by atoms with E-state index in [1.54, 1.807) is 11.8 Å². The van der Waals surface area contributed by atoms with Gasteiger partial charge in [0.05, 0.1) is 5.75 Å². The van der Waals surface area contributed by atoms with Gasteiger partial charge >= 0.3 is 0 Å². The third-order valence-corrected chi connectivity index (χ3v) is 8.63. The molecule has 2 aromatic carbocycles. The van der Waals surface area contributed by atoms with Crippen molar-refractivity contribution < 1.29 is 9.59 Å². The van der Waals surface area contributed by atoms with Crippen molar-refractivity contribution in [2.24, 2.45) is 0 Å². The zero-order chi connectivity index (χ0) is 21.6. The van der Waals surface area contributed by atoms with Crippen LogP contribution in [0.5, 0.6) is 0 Å². The van der Waals surface area contributed by atoms with E-state index >= 15 is 0 Å². The molecule has 2 amide bonds. The smallest absolute Gasteiger partial charge is 0.251 e. The number of amides is 2. The van der Waals surface area contributed by atoms with Gasteiger partial charge in [0.15, 0.2) is 0 Å². The van der Waals surface area contributed by atoms with Crippen LogP contribution in [0.1, 0.15) is 52.5 Å². The molecule has 2 aliphatic rings. The molecule has 1 saturated heterocycles. The number of benzene rings is 2. The molecule has 0 aromatic heterocycles. The minimum atomic E-state index is -0.0388. The number of nitrogens with zero attached hydrogens (tertiary/aromatic N) is 1. The molecule has 4 rings (SSSR count). The van der Waals surface area contributed by atoms with Crippen LogP contribution in [0.3, 0.4) is 0 Å². The zero-order valence-corrected chi connectivity index (χ0v) is 19.8. The standard InChI is InChI=1S/C24H27ClN2O2S2/c25-20-11-5-17(6-12-20)15-27-22(28)16-31-24(27)19-9-7-18(8-10-19)23(29)26-13-14-30-21-3-1-2-4-21/h5-12,21,24H,1-4,13-16H2,(H,26,29). The molecule has 0 bridgehead atoms. The molecular formula is C24H27ClN2O2S2. The monoisotopic (exact) mass is 474 g/mol. The Morgan fingerprint density at radius 1 is 1.10 bits per heavy atom. The van der Waals surface area contributed by atoms with Crippen LogP contribution >= 0.6 is 35.1 Å². The van der Waals surface area contributed by atoms with E-state index in [4.69, 9.17) is 11.6 Å². The fourth-order valence-electron chi connectivity index (χ4n) is 4.03. The highest BCUT2D eigenvalue weighted by atomic mass is 35.5. The average Bonchev–Trinajstić information content (AvgIpc) is 3.43. The van der Waals surface area contributed by atoms with Crippen molar-refractivity contribution in [1.29, 1.82) is 0 Å². The average molecular weight is 475 g/mol. The van der Waals surface area contributed by atoms with Crippen molar-refractivity contribution in [3.05, 3.63) is 70.2 Å². The topological polar surface area (TPSA) is 49.4 Å². The van der Waals surface area contributed by atoms with Crippen molar-refractivity contribution in [3.63, 3.8) is 0 Å². The van der Waals surface area contributed by atoms with E-state index in [0.29, 0.717) is 29.4 Å². The summed E-state index contributed by atoms with van der Waals surface area (Å²) in [5, 5.41) is 4.45. The maximum Gasteiger partial charge on any atom is 0.251 e. The van der Waals surface area contributed by atoms with Crippen LogP contribution in [0.2, 0.25) is 5.02 Å². The maximum absolute atomic E-state index is 12.5. The summed E-state index contributed by atoms with van der Waals surface area (Å²) in [6.45, 7) is 1.25. The number of carbonyl (C=O) groups is 2. The fraction of sp³-hybridized carbons (Fsp3) is 0.417. The first kappa shape index (κ1) is 22.6. The summed E-state index contributed by atoms with van der Waals surface area (Å²) in [7, 11) is 0. The van der Waals surface area contributed by atoms with Gasteiger partial charge in [0.1, 0.15) is 5.37 Å². The Hall–Kier alpha value is -1.63. The predicted molar refractivity (Wildman–Crippen MR) is 131 cm³/mol. The summed E-state index contributed by atoms with van der Waals surface area (Å²) in [5.74, 6) is 1.53. The van der Waals surface area contributed by atoms with Gasteiger partial charge in [0, 0.05) is 34.7 Å². The number of hydrogen-bond acceptors (Lipinski definition) is 4. The van der Waals surface area contributed by atoms with Crippen molar-refractivity contribution in [1.82, 2.24) is 10.2 Å². The first-order valence-electron chi connectivity index (χ1n) is 10.8. The number of thioether (sulfide) groups is 2. The third-order valence-electron chi connectivity index (χ3n) is 5.74. The van der Waals surface area contributed by atoms with E-state index in [1.807, 2.05) is 65.2 Å². The Morgan fingerprint density at radius 2 is 1.81 bits per heavy atom. The van der Waals surface area contributed by atoms with Crippen molar-refractivity contribution in [3.8, 4) is 0 Å². The summed E-state index contributed by atoms with van der Waals surface area (Å²) in [5.41, 5.74) is 2.75. The van der Waals surface area contributed by atoms with E-state index in [0.717, 1.165) is 22.1 Å². The molecule has 7 heteroatoms. The Kier molecular flexibility index (Phi) is 7.86. The van der Waals surface area contributed by atoms with Crippen LogP contribution in [-0.4, -0.2) is 40.0 Å². The lowest BCUT2D eigenvalue weighted by Crippen LogP contribution is -2.28. The van der Waals surface area contributed by atoms with Gasteiger partial charge in [-0.25, -0.2) is 0 Å². The van der Waals surface area contributed by atoms with Gasteiger partial charge in [-0.1, -0.05) is 48.7 Å². The normalized spacial score (nSPS) is 19.2. The molecule has 0 radical (unpaired) electrons. The molecule has 31 heavy (non-hydrogen) atoms. The molecule has 4 nitrogen and oxygen atoms in total. The lowest BCUT2D eigenvalue weighted by molar-refractivity contribution is -0.128. The van der Waals surface area contributed by atoms with Crippen LogP contribution in [0.15, 0.2) is 48.5 Å². The molecule has 0 spiro atoms. The van der Waals surface area contributed by atoms with Gasteiger partial charge in [-0.3, -0.25) is 9.59 Å². The number of nitrogens with one attached hydrogen (secondary N) is 1. The Balaban J connectivity index is 1.32. The predicted octanol–water partition coefficient (Wildman–Crippen LogP) is 5.52. The van der Waals surface area contributed by atoms with Gasteiger partial charge in [-0.05, 0) is 48.2 Å². The second-order valence-electron chi connectivity index (χ2n) is 7.97. The first-order valence-corrected chi connectivity index (χ1v) is 13.2. The maximum atomic E-state index is 12.5. The molecule has 1 saturated carbocycles. The third kappa shape index (κ3) is 5.99. The molecule has 1 atom stereocenters. The van der Waals surface area contributed by atoms with Gasteiger partial charge in [0.25, 0.3) is 5.91 Å². The van der Waals surface area contributed by atoms with E-state index in [-0.39, 0.29) is 17.2 Å². The van der Waals surface area contributed by atoms with Crippen LogP contribution < -0.4 is 5.32 Å². The lowest BCUT2D eigenvalue weighted by atomic mass is 10.1. The summed E-state index contributed by atoms with van der Waals surface area (Å²) in [6, 6.07) is 15.2. The van der Waals surface area contributed by atoms with Crippen molar-refractivity contribution in [2.75, 3.05) is 18.1 Å². The Morgan fingerprint density at radius 3 is 2.52 bits per heavy atom. The summed E-state index contributed by atoms with van der Waals surface area (Å²) >= 11 is 9.58. The quantitative estimate of drug-likeness (QED) is 0.512. The zero-order valence-electron chi connectivity index (χ0n) is 17.4. The van der Waals surface area contributed by atoms with Gasteiger partial charge < -0.3 is 10.2 Å². The molecule has 1 aliphatic heterocycles. The summed E-state index contributed by atoms with van der Waals surface area (Å²) in [6.07, 6.45) is 5.32. The first-order chi connectivity index (χ1) is 15.1. The molecular weight excluding hydrogens is 448 g/mol. The molecule has 1 unspecified atom stereocenters. The van der Waals surface area contributed by atoms with Crippen LogP contribution in [-0.2, 0) is 11.3 Å². The van der Waals surface area contributed by atoms with E-state index in [2.05, 4.69) is 5.32 Å². The molecule has 1 N–H and O–H groups in total. The molecule has 1 aliphatic carbocycles. The molecule has 164 valence electrons. The minimum absolute atomic E-state index is 0.0354. The minimum Gasteiger partial charge on any atom is -0.351 e. The highest BCUT2D eigenvalue weighted by Gasteiger charge is 2.32. The van der Waals surface area contributed by atoms with Crippen molar-refractivity contribution >= 4 is 46.9 Å². The van der Waals surface area contributed by atoms with Gasteiger partial charge in [0.2, 0.25) is 5.91 Å². The van der Waals surface area contributed by atoms with Crippen molar-refractivity contribution in [2.45, 2.75) is 42.9 Å². The van der Waals surface area contributed by atoms with Crippen LogP contribution in [0.25, 0.3) is 0 Å². The molecule has 2 aromatic rings. The molecule has 2 fully saturated rings. The van der Waals surface area contributed by atoms with E-state index in [1.165, 1.54) is 25.7 Å². The highest BCUT2D eigenvalue weighted by molar-refractivity contribution is 8.00. The number of carbonyl (C=O) groups excluding carboxylic acids is 2. The Labute approximate surface area is 197 Å². The summed E-state index contributed by atoms with van der Waals surface area (Å²) in [4.78, 5) is 26.8. The number of hydrogen-bond donors (Lipinski definition) is 1. The number of halogens is 1.